The van der Waals surface area contributed by atoms with E-state index in [0.29, 0.717) is 11.5 Å². The highest BCUT2D eigenvalue weighted by molar-refractivity contribution is 9.10. The Kier molecular flexibility index (Phi) is 3.42. The van der Waals surface area contributed by atoms with E-state index in [1.807, 2.05) is 30.3 Å². The van der Waals surface area contributed by atoms with E-state index in [1.165, 1.54) is 0 Å². The number of nitriles is 1. The second-order valence-electron chi connectivity index (χ2n) is 4.40. The third-order valence-corrected chi connectivity index (χ3v) is 3.41. The quantitative estimate of drug-likeness (QED) is 0.744. The molecule has 5 nitrogen and oxygen atoms in total. The minimum absolute atomic E-state index is 0.205. The molecule has 0 aliphatic carbocycles. The Hall–Kier alpha value is -2.65. The summed E-state index contributed by atoms with van der Waals surface area (Å²) in [6, 6.07) is 13.2. The molecule has 0 atom stereocenters. The van der Waals surface area contributed by atoms with Crippen LogP contribution in [0.25, 0.3) is 10.9 Å². The van der Waals surface area contributed by atoms with Gasteiger partial charge in [0.15, 0.2) is 5.69 Å². The highest BCUT2D eigenvalue weighted by Gasteiger charge is 2.06. The number of fused-ring (bicyclic) bond motifs is 1. The van der Waals surface area contributed by atoms with Gasteiger partial charge in [0, 0.05) is 16.1 Å². The van der Waals surface area contributed by atoms with Crippen LogP contribution in [0.1, 0.15) is 5.69 Å². The number of halogens is 1. The van der Waals surface area contributed by atoms with Gasteiger partial charge in [0.2, 0.25) is 0 Å². The summed E-state index contributed by atoms with van der Waals surface area (Å²) in [7, 11) is 0. The fourth-order valence-electron chi connectivity index (χ4n) is 2.00. The maximum Gasteiger partial charge on any atom is 0.165 e. The fourth-order valence-corrected chi connectivity index (χ4v) is 2.35. The number of rotatable bonds is 2. The van der Waals surface area contributed by atoms with Gasteiger partial charge in [0.1, 0.15) is 11.9 Å². The first-order valence-electron chi connectivity index (χ1n) is 6.15. The molecular formula is C15H10BrN5. The largest absolute Gasteiger partial charge is 0.396 e. The zero-order chi connectivity index (χ0) is 14.8. The van der Waals surface area contributed by atoms with E-state index < -0.39 is 0 Å². The van der Waals surface area contributed by atoms with Gasteiger partial charge >= 0.3 is 0 Å². The lowest BCUT2D eigenvalue weighted by Crippen LogP contribution is -1.99. The number of para-hydroxylation sites is 1. The summed E-state index contributed by atoms with van der Waals surface area (Å²) in [6.45, 7) is 0. The van der Waals surface area contributed by atoms with Gasteiger partial charge in [0.25, 0.3) is 0 Å². The van der Waals surface area contributed by atoms with Crippen molar-refractivity contribution in [1.29, 1.82) is 5.26 Å². The summed E-state index contributed by atoms with van der Waals surface area (Å²) >= 11 is 3.41. The van der Waals surface area contributed by atoms with Crippen molar-refractivity contribution < 1.29 is 0 Å². The van der Waals surface area contributed by atoms with Crippen molar-refractivity contribution in [3.05, 3.63) is 52.8 Å². The third kappa shape index (κ3) is 2.64. The molecule has 0 unspecified atom stereocenters. The second kappa shape index (κ2) is 5.38. The summed E-state index contributed by atoms with van der Waals surface area (Å²) in [5.74, 6) is 0.554. The molecular weight excluding hydrogens is 330 g/mol. The molecule has 2 heterocycles. The molecule has 0 fully saturated rings. The summed E-state index contributed by atoms with van der Waals surface area (Å²) < 4.78 is 0.921. The summed E-state index contributed by atoms with van der Waals surface area (Å²) in [6.07, 6.45) is 1.74. The van der Waals surface area contributed by atoms with Gasteiger partial charge in [-0.3, -0.25) is 4.98 Å². The number of nitrogens with two attached hydrogens (primary N) is 1. The molecule has 0 aliphatic heterocycles. The van der Waals surface area contributed by atoms with Crippen LogP contribution >= 0.6 is 15.9 Å². The SMILES string of the molecule is N#Cc1nc(Nc2cccc3cc(Br)cnc23)ccc1N. The Balaban J connectivity index is 2.04. The molecule has 6 heteroatoms. The Morgan fingerprint density at radius 2 is 2.10 bits per heavy atom. The molecule has 0 bridgehead atoms. The molecule has 0 radical (unpaired) electrons. The first-order chi connectivity index (χ1) is 10.2. The standard InChI is InChI=1S/C15H10BrN5/c16-10-6-9-2-1-3-12(15(9)19-8-10)20-14-5-4-11(18)13(7-17)21-14/h1-6,8H,18H2,(H,20,21). The van der Waals surface area contributed by atoms with E-state index >= 15 is 0 Å². The predicted molar refractivity (Wildman–Crippen MR) is 86.1 cm³/mol. The Bertz CT molecular complexity index is 870. The monoisotopic (exact) mass is 339 g/mol. The number of hydrogen-bond acceptors (Lipinski definition) is 5. The van der Waals surface area contributed by atoms with Crippen molar-refractivity contribution in [3.63, 3.8) is 0 Å². The van der Waals surface area contributed by atoms with E-state index in [0.717, 1.165) is 21.1 Å². The summed E-state index contributed by atoms with van der Waals surface area (Å²) in [5, 5.41) is 13.2. The Morgan fingerprint density at radius 3 is 2.90 bits per heavy atom. The number of nitrogens with zero attached hydrogens (tertiary/aromatic N) is 3. The van der Waals surface area contributed by atoms with Crippen LogP contribution in [0.4, 0.5) is 17.2 Å². The van der Waals surface area contributed by atoms with Crippen LogP contribution in [0.3, 0.4) is 0 Å². The molecule has 102 valence electrons. The lowest BCUT2D eigenvalue weighted by molar-refractivity contribution is 1.26. The van der Waals surface area contributed by atoms with Gasteiger partial charge < -0.3 is 11.1 Å². The first-order valence-corrected chi connectivity index (χ1v) is 6.94. The van der Waals surface area contributed by atoms with Crippen molar-refractivity contribution in [3.8, 4) is 6.07 Å². The summed E-state index contributed by atoms with van der Waals surface area (Å²) in [5.41, 5.74) is 7.89. The summed E-state index contributed by atoms with van der Waals surface area (Å²) in [4.78, 5) is 8.59. The van der Waals surface area contributed by atoms with E-state index in [1.54, 1.807) is 18.3 Å². The van der Waals surface area contributed by atoms with Gasteiger partial charge in [-0.05, 0) is 40.2 Å². The molecule has 0 amide bonds. The van der Waals surface area contributed by atoms with Gasteiger partial charge in [-0.1, -0.05) is 12.1 Å². The van der Waals surface area contributed by atoms with Crippen molar-refractivity contribution in [2.75, 3.05) is 11.1 Å². The van der Waals surface area contributed by atoms with E-state index in [-0.39, 0.29) is 5.69 Å². The van der Waals surface area contributed by atoms with E-state index in [4.69, 9.17) is 11.0 Å². The van der Waals surface area contributed by atoms with Crippen LogP contribution in [0, 0.1) is 11.3 Å². The molecule has 3 aromatic rings. The molecule has 3 N–H and O–H groups in total. The smallest absolute Gasteiger partial charge is 0.165 e. The van der Waals surface area contributed by atoms with Crippen LogP contribution in [0.5, 0.6) is 0 Å². The highest BCUT2D eigenvalue weighted by atomic mass is 79.9. The van der Waals surface area contributed by atoms with Crippen molar-refractivity contribution in [2.24, 2.45) is 0 Å². The maximum absolute atomic E-state index is 8.97. The Labute approximate surface area is 129 Å². The number of nitrogens with one attached hydrogen (secondary N) is 1. The number of aromatic nitrogens is 2. The molecule has 0 saturated carbocycles. The number of anilines is 3. The zero-order valence-corrected chi connectivity index (χ0v) is 12.4. The van der Waals surface area contributed by atoms with Crippen LogP contribution in [-0.4, -0.2) is 9.97 Å². The maximum atomic E-state index is 8.97. The minimum Gasteiger partial charge on any atom is -0.396 e. The van der Waals surface area contributed by atoms with Crippen molar-refractivity contribution >= 4 is 44.0 Å². The van der Waals surface area contributed by atoms with Gasteiger partial charge in [-0.25, -0.2) is 4.98 Å². The molecule has 0 spiro atoms. The first kappa shape index (κ1) is 13.3. The van der Waals surface area contributed by atoms with Crippen LogP contribution in [0.15, 0.2) is 47.1 Å². The lowest BCUT2D eigenvalue weighted by atomic mass is 10.2. The van der Waals surface area contributed by atoms with Gasteiger partial charge in [0.05, 0.1) is 16.9 Å². The topological polar surface area (TPSA) is 87.6 Å². The van der Waals surface area contributed by atoms with Crippen LogP contribution < -0.4 is 11.1 Å². The molecule has 2 aromatic heterocycles. The molecule has 0 saturated heterocycles. The van der Waals surface area contributed by atoms with Gasteiger partial charge in [-0.15, -0.1) is 0 Å². The third-order valence-electron chi connectivity index (χ3n) is 2.97. The molecule has 3 rings (SSSR count). The lowest BCUT2D eigenvalue weighted by Gasteiger charge is -2.09. The molecule has 1 aromatic carbocycles. The second-order valence-corrected chi connectivity index (χ2v) is 5.32. The number of nitrogen functional groups attached to an aromatic ring is 1. The average Bonchev–Trinajstić information content (AvgIpc) is 2.49. The molecule has 0 aliphatic rings. The number of benzene rings is 1. The van der Waals surface area contributed by atoms with E-state index in [2.05, 4.69) is 31.2 Å². The predicted octanol–water partition coefficient (Wildman–Crippen LogP) is 3.59. The minimum atomic E-state index is 0.205. The van der Waals surface area contributed by atoms with Crippen molar-refractivity contribution in [2.45, 2.75) is 0 Å². The number of pyridine rings is 2. The van der Waals surface area contributed by atoms with E-state index in [9.17, 15) is 0 Å². The van der Waals surface area contributed by atoms with Crippen molar-refractivity contribution in [1.82, 2.24) is 9.97 Å². The van der Waals surface area contributed by atoms with Crippen LogP contribution in [-0.2, 0) is 0 Å². The zero-order valence-electron chi connectivity index (χ0n) is 10.8. The van der Waals surface area contributed by atoms with Crippen LogP contribution in [0.2, 0.25) is 0 Å². The fraction of sp³-hybridized carbons (Fsp3) is 0. The number of hydrogen-bond donors (Lipinski definition) is 2. The average molecular weight is 340 g/mol. The normalized spacial score (nSPS) is 10.3. The van der Waals surface area contributed by atoms with Gasteiger partial charge in [-0.2, -0.15) is 5.26 Å². The molecule has 21 heavy (non-hydrogen) atoms. The highest BCUT2D eigenvalue weighted by Crippen LogP contribution is 2.26. The Morgan fingerprint density at radius 1 is 1.24 bits per heavy atom.